The molecule has 2 atom stereocenters. The van der Waals surface area contributed by atoms with Crippen LogP contribution in [0.15, 0.2) is 30.4 Å². The number of ether oxygens (including phenoxy) is 3. The van der Waals surface area contributed by atoms with E-state index in [4.69, 9.17) is 14.2 Å². The van der Waals surface area contributed by atoms with E-state index in [2.05, 4.69) is 31.3 Å². The van der Waals surface area contributed by atoms with Crippen LogP contribution in [-0.2, 0) is 9.47 Å². The van der Waals surface area contributed by atoms with Gasteiger partial charge in [-0.25, -0.2) is 0 Å². The molecule has 0 bridgehead atoms. The summed E-state index contributed by atoms with van der Waals surface area (Å²) in [4.78, 5) is 0. The summed E-state index contributed by atoms with van der Waals surface area (Å²) in [6, 6.07) is 6.24. The van der Waals surface area contributed by atoms with E-state index in [9.17, 15) is 0 Å². The van der Waals surface area contributed by atoms with Crippen LogP contribution in [0.3, 0.4) is 0 Å². The summed E-state index contributed by atoms with van der Waals surface area (Å²) < 4.78 is 19.1. The predicted octanol–water partition coefficient (Wildman–Crippen LogP) is 5.89. The Hall–Kier alpha value is -1.52. The van der Waals surface area contributed by atoms with Gasteiger partial charge in [-0.15, -0.1) is 0 Å². The topological polar surface area (TPSA) is 39.7 Å². The number of hydrogen-bond donors (Lipinski definition) is 1. The molecule has 2 unspecified atom stereocenters. The SMILES string of the molecule is C/C=C/COC1C(OCCC2CCCCC2)c2cc(NC)ccc2OC1(C)C. The molecule has 2 aliphatic rings. The summed E-state index contributed by atoms with van der Waals surface area (Å²) in [5.41, 5.74) is 1.70. The Morgan fingerprint density at radius 1 is 1.18 bits per heavy atom. The third-order valence-corrected chi connectivity index (χ3v) is 6.09. The fourth-order valence-corrected chi connectivity index (χ4v) is 4.45. The van der Waals surface area contributed by atoms with Gasteiger partial charge in [-0.1, -0.05) is 44.3 Å². The molecule has 0 amide bonds. The van der Waals surface area contributed by atoms with E-state index < -0.39 is 5.60 Å². The molecule has 0 radical (unpaired) electrons. The molecule has 156 valence electrons. The average Bonchev–Trinajstić information content (AvgIpc) is 2.70. The van der Waals surface area contributed by atoms with E-state index in [0.29, 0.717) is 6.61 Å². The first kappa shape index (κ1) is 21.2. The molecule has 0 aromatic heterocycles. The molecular formula is C24H37NO3. The molecule has 0 spiro atoms. The Morgan fingerprint density at radius 2 is 1.96 bits per heavy atom. The van der Waals surface area contributed by atoms with Gasteiger partial charge in [-0.05, 0) is 51.3 Å². The van der Waals surface area contributed by atoms with Gasteiger partial charge in [0.05, 0.1) is 6.61 Å². The monoisotopic (exact) mass is 387 g/mol. The minimum absolute atomic E-state index is 0.124. The molecule has 4 nitrogen and oxygen atoms in total. The van der Waals surface area contributed by atoms with E-state index in [-0.39, 0.29) is 12.2 Å². The fourth-order valence-electron chi connectivity index (χ4n) is 4.45. The third-order valence-electron chi connectivity index (χ3n) is 6.09. The van der Waals surface area contributed by atoms with Crippen molar-refractivity contribution in [1.29, 1.82) is 0 Å². The zero-order valence-corrected chi connectivity index (χ0v) is 18.0. The van der Waals surface area contributed by atoms with Crippen LogP contribution in [0.1, 0.15) is 71.0 Å². The predicted molar refractivity (Wildman–Crippen MR) is 115 cm³/mol. The maximum atomic E-state index is 6.53. The molecule has 4 heteroatoms. The molecule has 1 heterocycles. The Morgan fingerprint density at radius 3 is 2.68 bits per heavy atom. The molecule has 0 saturated heterocycles. The van der Waals surface area contributed by atoms with Crippen LogP contribution in [0.5, 0.6) is 5.75 Å². The van der Waals surface area contributed by atoms with Crippen LogP contribution in [0.2, 0.25) is 0 Å². The van der Waals surface area contributed by atoms with Gasteiger partial charge < -0.3 is 19.5 Å². The van der Waals surface area contributed by atoms with Crippen LogP contribution in [0.4, 0.5) is 5.69 Å². The van der Waals surface area contributed by atoms with Crippen molar-refractivity contribution >= 4 is 5.69 Å². The number of fused-ring (bicyclic) bond motifs is 1. The van der Waals surface area contributed by atoms with Crippen LogP contribution in [-0.4, -0.2) is 32.0 Å². The van der Waals surface area contributed by atoms with Crippen LogP contribution >= 0.6 is 0 Å². The number of rotatable bonds is 8. The van der Waals surface area contributed by atoms with E-state index in [0.717, 1.165) is 35.9 Å². The standard InChI is InChI=1S/C24H37NO3/c1-5-6-15-27-23-22(26-16-14-18-10-8-7-9-11-18)20-17-19(25-4)12-13-21(20)28-24(23,2)3/h5-6,12-13,17-18,22-23,25H,7-11,14-16H2,1-4H3/b6-5+. The Kier molecular flexibility index (Phi) is 7.42. The largest absolute Gasteiger partial charge is 0.485 e. The third kappa shape index (κ3) is 5.09. The second-order valence-corrected chi connectivity index (χ2v) is 8.62. The van der Waals surface area contributed by atoms with Crippen molar-refractivity contribution in [1.82, 2.24) is 0 Å². The fraction of sp³-hybridized carbons (Fsp3) is 0.667. The van der Waals surface area contributed by atoms with E-state index in [1.807, 2.05) is 32.2 Å². The summed E-state index contributed by atoms with van der Waals surface area (Å²) in [5, 5.41) is 3.23. The Labute approximate surface area is 170 Å². The summed E-state index contributed by atoms with van der Waals surface area (Å²) in [5.74, 6) is 1.71. The van der Waals surface area contributed by atoms with E-state index in [1.165, 1.54) is 32.1 Å². The zero-order valence-electron chi connectivity index (χ0n) is 18.0. The molecule has 1 aliphatic carbocycles. The highest BCUT2D eigenvalue weighted by atomic mass is 16.6. The molecule has 1 saturated carbocycles. The minimum atomic E-state index is -0.453. The maximum absolute atomic E-state index is 6.53. The highest BCUT2D eigenvalue weighted by Crippen LogP contribution is 2.44. The lowest BCUT2D eigenvalue weighted by Gasteiger charge is -2.44. The first-order valence-electron chi connectivity index (χ1n) is 10.9. The van der Waals surface area contributed by atoms with Crippen molar-refractivity contribution in [2.24, 2.45) is 5.92 Å². The second kappa shape index (κ2) is 9.80. The summed E-state index contributed by atoms with van der Waals surface area (Å²) >= 11 is 0. The lowest BCUT2D eigenvalue weighted by atomic mass is 9.86. The summed E-state index contributed by atoms with van der Waals surface area (Å²) in [7, 11) is 1.94. The average molecular weight is 388 g/mol. The van der Waals surface area contributed by atoms with Gasteiger partial charge in [0.2, 0.25) is 0 Å². The normalized spacial score (nSPS) is 24.7. The molecule has 1 aromatic rings. The second-order valence-electron chi connectivity index (χ2n) is 8.62. The molecule has 1 fully saturated rings. The molecule has 1 aromatic carbocycles. The maximum Gasteiger partial charge on any atom is 0.132 e. The summed E-state index contributed by atoms with van der Waals surface area (Å²) in [6.45, 7) is 7.55. The van der Waals surface area contributed by atoms with Gasteiger partial charge in [-0.3, -0.25) is 0 Å². The molecule has 3 rings (SSSR count). The smallest absolute Gasteiger partial charge is 0.132 e. The number of allylic oxidation sites excluding steroid dienone is 1. The number of nitrogens with one attached hydrogen (secondary N) is 1. The zero-order chi connectivity index (χ0) is 20.0. The Bertz CT molecular complexity index is 649. The number of anilines is 1. The van der Waals surface area contributed by atoms with Gasteiger partial charge in [0, 0.05) is 24.9 Å². The first-order valence-corrected chi connectivity index (χ1v) is 10.9. The van der Waals surface area contributed by atoms with E-state index in [1.54, 1.807) is 0 Å². The van der Waals surface area contributed by atoms with Gasteiger partial charge in [0.1, 0.15) is 23.6 Å². The van der Waals surface area contributed by atoms with Crippen molar-refractivity contribution in [3.05, 3.63) is 35.9 Å². The number of hydrogen-bond acceptors (Lipinski definition) is 4. The van der Waals surface area contributed by atoms with Gasteiger partial charge in [-0.2, -0.15) is 0 Å². The lowest BCUT2D eigenvalue weighted by Crippen LogP contribution is -2.51. The van der Waals surface area contributed by atoms with Crippen molar-refractivity contribution in [3.63, 3.8) is 0 Å². The van der Waals surface area contributed by atoms with Crippen LogP contribution in [0.25, 0.3) is 0 Å². The first-order chi connectivity index (χ1) is 13.5. The minimum Gasteiger partial charge on any atom is -0.485 e. The van der Waals surface area contributed by atoms with Crippen LogP contribution in [0, 0.1) is 5.92 Å². The van der Waals surface area contributed by atoms with Gasteiger partial charge in [0.15, 0.2) is 0 Å². The quantitative estimate of drug-likeness (QED) is 0.565. The van der Waals surface area contributed by atoms with Crippen molar-refractivity contribution in [3.8, 4) is 5.75 Å². The molecule has 1 aliphatic heterocycles. The summed E-state index contributed by atoms with van der Waals surface area (Å²) in [6.07, 6.45) is 11.8. The highest BCUT2D eigenvalue weighted by Gasteiger charge is 2.45. The van der Waals surface area contributed by atoms with Crippen molar-refractivity contribution in [2.75, 3.05) is 25.6 Å². The molecule has 28 heavy (non-hydrogen) atoms. The highest BCUT2D eigenvalue weighted by molar-refractivity contribution is 5.53. The van der Waals surface area contributed by atoms with Gasteiger partial charge in [0.25, 0.3) is 0 Å². The van der Waals surface area contributed by atoms with Crippen molar-refractivity contribution < 1.29 is 14.2 Å². The lowest BCUT2D eigenvalue weighted by molar-refractivity contribution is -0.158. The van der Waals surface area contributed by atoms with E-state index >= 15 is 0 Å². The van der Waals surface area contributed by atoms with Crippen LogP contribution < -0.4 is 10.1 Å². The van der Waals surface area contributed by atoms with Crippen molar-refractivity contribution in [2.45, 2.75) is 77.1 Å². The molecule has 1 N–H and O–H groups in total. The number of benzene rings is 1. The Balaban J connectivity index is 1.78. The van der Waals surface area contributed by atoms with Gasteiger partial charge >= 0.3 is 0 Å². The molecular weight excluding hydrogens is 350 g/mol.